The van der Waals surface area contributed by atoms with E-state index < -0.39 is 0 Å². The summed E-state index contributed by atoms with van der Waals surface area (Å²) in [6, 6.07) is 12.0. The van der Waals surface area contributed by atoms with Crippen LogP contribution < -0.4 is 24.7 Å². The van der Waals surface area contributed by atoms with Gasteiger partial charge in [0.2, 0.25) is 6.79 Å². The molecule has 25 heavy (non-hydrogen) atoms. The highest BCUT2D eigenvalue weighted by molar-refractivity contribution is 5.49. The van der Waals surface area contributed by atoms with E-state index in [0.717, 1.165) is 47.0 Å². The molecule has 0 aromatic heterocycles. The van der Waals surface area contributed by atoms with Crippen molar-refractivity contribution < 1.29 is 18.9 Å². The smallest absolute Gasteiger partial charge is 0.231 e. The van der Waals surface area contributed by atoms with E-state index in [2.05, 4.69) is 19.1 Å². The van der Waals surface area contributed by atoms with Crippen LogP contribution >= 0.6 is 0 Å². The van der Waals surface area contributed by atoms with Gasteiger partial charge < -0.3 is 24.7 Å². The molecule has 0 saturated carbocycles. The number of ether oxygens (including phenoxy) is 4. The molecule has 5 nitrogen and oxygen atoms in total. The molecule has 0 amide bonds. The molecule has 1 heterocycles. The third kappa shape index (κ3) is 3.82. The monoisotopic (exact) mass is 343 g/mol. The first-order valence-electron chi connectivity index (χ1n) is 8.65. The summed E-state index contributed by atoms with van der Waals surface area (Å²) < 4.78 is 22.3. The van der Waals surface area contributed by atoms with Crippen molar-refractivity contribution in [3.8, 4) is 23.0 Å². The zero-order valence-corrected chi connectivity index (χ0v) is 14.8. The SMILES string of the molecule is CCCOc1c(CC(CN)c2ccc3c(c2)OCO3)cccc1OC. The molecule has 1 aliphatic rings. The van der Waals surface area contributed by atoms with Crippen LogP contribution in [0.3, 0.4) is 0 Å². The molecule has 1 unspecified atom stereocenters. The van der Waals surface area contributed by atoms with E-state index in [9.17, 15) is 0 Å². The van der Waals surface area contributed by atoms with Crippen molar-refractivity contribution in [2.75, 3.05) is 27.1 Å². The number of rotatable bonds is 8. The minimum absolute atomic E-state index is 0.158. The minimum atomic E-state index is 0.158. The number of para-hydroxylation sites is 1. The first kappa shape index (κ1) is 17.4. The lowest BCUT2D eigenvalue weighted by Gasteiger charge is -2.20. The molecule has 0 spiro atoms. The molecular formula is C20H25NO4. The van der Waals surface area contributed by atoms with Gasteiger partial charge in [0.25, 0.3) is 0 Å². The van der Waals surface area contributed by atoms with Gasteiger partial charge in [-0.1, -0.05) is 25.1 Å². The van der Waals surface area contributed by atoms with Crippen LogP contribution in [0.15, 0.2) is 36.4 Å². The molecular weight excluding hydrogens is 318 g/mol. The molecule has 3 rings (SSSR count). The van der Waals surface area contributed by atoms with Gasteiger partial charge >= 0.3 is 0 Å². The molecule has 2 aromatic rings. The van der Waals surface area contributed by atoms with E-state index in [1.54, 1.807) is 7.11 Å². The molecule has 134 valence electrons. The van der Waals surface area contributed by atoms with Crippen LogP contribution in [-0.4, -0.2) is 27.1 Å². The number of nitrogens with two attached hydrogens (primary N) is 1. The quantitative estimate of drug-likeness (QED) is 0.795. The fraction of sp³-hybridized carbons (Fsp3) is 0.400. The Morgan fingerprint density at radius 3 is 2.76 bits per heavy atom. The van der Waals surface area contributed by atoms with Crippen molar-refractivity contribution in [1.82, 2.24) is 0 Å². The van der Waals surface area contributed by atoms with Gasteiger partial charge in [-0.2, -0.15) is 0 Å². The van der Waals surface area contributed by atoms with E-state index in [-0.39, 0.29) is 12.7 Å². The fourth-order valence-electron chi connectivity index (χ4n) is 3.02. The summed E-state index contributed by atoms with van der Waals surface area (Å²) in [4.78, 5) is 0. The molecule has 0 saturated heterocycles. The second-order valence-electron chi connectivity index (χ2n) is 6.05. The number of hydrogen-bond donors (Lipinski definition) is 1. The number of hydrogen-bond acceptors (Lipinski definition) is 5. The standard InChI is InChI=1S/C20H25NO4/c1-3-9-23-20-15(5-4-6-18(20)22-2)10-16(12-21)14-7-8-17-19(11-14)25-13-24-17/h4-8,11,16H,3,9-10,12-13,21H2,1-2H3. The summed E-state index contributed by atoms with van der Waals surface area (Å²) in [5.74, 6) is 3.29. The van der Waals surface area contributed by atoms with Gasteiger partial charge in [0.15, 0.2) is 23.0 Å². The Hall–Kier alpha value is -2.40. The van der Waals surface area contributed by atoms with Crippen LogP contribution in [0.5, 0.6) is 23.0 Å². The second kappa shape index (κ2) is 8.12. The topological polar surface area (TPSA) is 62.9 Å². The summed E-state index contributed by atoms with van der Waals surface area (Å²) in [7, 11) is 1.66. The number of benzene rings is 2. The maximum absolute atomic E-state index is 6.07. The third-order valence-corrected chi connectivity index (χ3v) is 4.35. The van der Waals surface area contributed by atoms with Crippen molar-refractivity contribution >= 4 is 0 Å². The van der Waals surface area contributed by atoms with Gasteiger partial charge in [-0.3, -0.25) is 0 Å². The van der Waals surface area contributed by atoms with Crippen molar-refractivity contribution in [1.29, 1.82) is 0 Å². The lowest BCUT2D eigenvalue weighted by molar-refractivity contribution is 0.174. The van der Waals surface area contributed by atoms with Gasteiger partial charge in [0.1, 0.15) is 0 Å². The Balaban J connectivity index is 1.86. The second-order valence-corrected chi connectivity index (χ2v) is 6.05. The van der Waals surface area contributed by atoms with Crippen molar-refractivity contribution in [2.45, 2.75) is 25.7 Å². The highest BCUT2D eigenvalue weighted by Crippen LogP contribution is 2.37. The van der Waals surface area contributed by atoms with Crippen LogP contribution in [0, 0.1) is 0 Å². The Morgan fingerprint density at radius 1 is 1.16 bits per heavy atom. The molecule has 5 heteroatoms. The number of methoxy groups -OCH3 is 1. The minimum Gasteiger partial charge on any atom is -0.493 e. The predicted octanol–water partition coefficient (Wildman–Crippen LogP) is 3.50. The average molecular weight is 343 g/mol. The molecule has 2 N–H and O–H groups in total. The molecule has 0 radical (unpaired) electrons. The molecule has 0 bridgehead atoms. The normalized spacial score (nSPS) is 13.6. The third-order valence-electron chi connectivity index (χ3n) is 4.35. The van der Waals surface area contributed by atoms with Gasteiger partial charge in [-0.15, -0.1) is 0 Å². The van der Waals surface area contributed by atoms with E-state index in [0.29, 0.717) is 13.2 Å². The highest BCUT2D eigenvalue weighted by atomic mass is 16.7. The van der Waals surface area contributed by atoms with E-state index in [4.69, 9.17) is 24.7 Å². The van der Waals surface area contributed by atoms with E-state index >= 15 is 0 Å². The van der Waals surface area contributed by atoms with Gasteiger partial charge in [0.05, 0.1) is 13.7 Å². The van der Waals surface area contributed by atoms with Crippen LogP contribution in [0.4, 0.5) is 0 Å². The van der Waals surface area contributed by atoms with Crippen LogP contribution in [0.1, 0.15) is 30.4 Å². The Kier molecular flexibility index (Phi) is 5.66. The van der Waals surface area contributed by atoms with Crippen LogP contribution in [-0.2, 0) is 6.42 Å². The number of fused-ring (bicyclic) bond motifs is 1. The molecule has 2 aromatic carbocycles. The summed E-state index contributed by atoms with van der Waals surface area (Å²) in [6.07, 6.45) is 1.71. The van der Waals surface area contributed by atoms with Gasteiger partial charge in [-0.05, 0) is 48.7 Å². The lowest BCUT2D eigenvalue weighted by atomic mass is 9.91. The maximum Gasteiger partial charge on any atom is 0.231 e. The predicted molar refractivity (Wildman–Crippen MR) is 96.8 cm³/mol. The Labute approximate surface area is 148 Å². The van der Waals surface area contributed by atoms with Gasteiger partial charge in [0, 0.05) is 5.92 Å². The van der Waals surface area contributed by atoms with Crippen LogP contribution in [0.2, 0.25) is 0 Å². The van der Waals surface area contributed by atoms with Crippen molar-refractivity contribution in [2.24, 2.45) is 5.73 Å². The molecule has 1 atom stereocenters. The van der Waals surface area contributed by atoms with E-state index in [1.165, 1.54) is 0 Å². The summed E-state index contributed by atoms with van der Waals surface area (Å²) in [6.45, 7) is 3.55. The summed E-state index contributed by atoms with van der Waals surface area (Å²) in [5.41, 5.74) is 8.31. The van der Waals surface area contributed by atoms with Crippen LogP contribution in [0.25, 0.3) is 0 Å². The lowest BCUT2D eigenvalue weighted by Crippen LogP contribution is -2.16. The highest BCUT2D eigenvalue weighted by Gasteiger charge is 2.20. The zero-order valence-electron chi connectivity index (χ0n) is 14.8. The van der Waals surface area contributed by atoms with Crippen molar-refractivity contribution in [3.05, 3.63) is 47.5 Å². The molecule has 0 aliphatic carbocycles. The molecule has 1 aliphatic heterocycles. The van der Waals surface area contributed by atoms with Crippen molar-refractivity contribution in [3.63, 3.8) is 0 Å². The first-order chi connectivity index (χ1) is 12.3. The largest absolute Gasteiger partial charge is 0.493 e. The summed E-state index contributed by atoms with van der Waals surface area (Å²) >= 11 is 0. The Morgan fingerprint density at radius 2 is 2.00 bits per heavy atom. The van der Waals surface area contributed by atoms with E-state index in [1.807, 2.05) is 24.3 Å². The Bertz CT molecular complexity index is 717. The first-order valence-corrected chi connectivity index (χ1v) is 8.65. The fourth-order valence-corrected chi connectivity index (χ4v) is 3.02. The van der Waals surface area contributed by atoms with Gasteiger partial charge in [-0.25, -0.2) is 0 Å². The average Bonchev–Trinajstić information content (AvgIpc) is 3.12. The zero-order chi connectivity index (χ0) is 17.6. The maximum atomic E-state index is 6.07. The summed E-state index contributed by atoms with van der Waals surface area (Å²) in [5, 5.41) is 0. The molecule has 0 fully saturated rings.